The topological polar surface area (TPSA) is 112 Å². The average Bonchev–Trinajstić information content (AvgIpc) is 3.07. The number of thiazole rings is 1. The van der Waals surface area contributed by atoms with Crippen LogP contribution in [0.5, 0.6) is 0 Å². The normalized spacial score (nSPS) is 20.5. The summed E-state index contributed by atoms with van der Waals surface area (Å²) < 4.78 is 0. The standard InChI is InChI=1S/C13H21N7S/c1-2-3-4-5-6-17-13(20-12(14)15)18-7-10(19-13)11-8-21-9-16-11/h7-9,17H,2-6H2,1H3,(H4,14,15,20). The molecule has 1 aromatic heterocycles. The first-order valence-corrected chi connectivity index (χ1v) is 8.00. The van der Waals surface area contributed by atoms with Crippen LogP contribution in [-0.2, 0) is 0 Å². The van der Waals surface area contributed by atoms with E-state index in [4.69, 9.17) is 11.1 Å². The van der Waals surface area contributed by atoms with Crippen LogP contribution in [0.1, 0.15) is 38.3 Å². The van der Waals surface area contributed by atoms with Crippen molar-refractivity contribution < 1.29 is 0 Å². The van der Waals surface area contributed by atoms with Gasteiger partial charge in [0.1, 0.15) is 11.4 Å². The third-order valence-corrected chi connectivity index (χ3v) is 3.65. The molecule has 0 amide bonds. The summed E-state index contributed by atoms with van der Waals surface area (Å²) in [5.41, 5.74) is 8.67. The number of aliphatic imine (C=N–C) groups is 2. The second-order valence-electron chi connectivity index (χ2n) is 4.83. The van der Waals surface area contributed by atoms with Gasteiger partial charge >= 0.3 is 0 Å². The summed E-state index contributed by atoms with van der Waals surface area (Å²) in [4.78, 5) is 13.1. The summed E-state index contributed by atoms with van der Waals surface area (Å²) in [5.74, 6) is -1.24. The minimum absolute atomic E-state index is 0.170. The Balaban J connectivity index is 2.02. The van der Waals surface area contributed by atoms with Crippen molar-refractivity contribution in [2.24, 2.45) is 15.7 Å². The zero-order chi connectivity index (χ0) is 15.1. The largest absolute Gasteiger partial charge is 0.370 e. The molecule has 5 N–H and O–H groups in total. The van der Waals surface area contributed by atoms with Gasteiger partial charge in [-0.15, -0.1) is 11.3 Å². The molecule has 1 aliphatic rings. The van der Waals surface area contributed by atoms with E-state index in [0.717, 1.165) is 25.1 Å². The Labute approximate surface area is 128 Å². The number of rotatable bonds is 8. The van der Waals surface area contributed by atoms with Crippen LogP contribution in [0.2, 0.25) is 0 Å². The van der Waals surface area contributed by atoms with Crippen molar-refractivity contribution in [2.45, 2.75) is 38.5 Å². The molecule has 0 radical (unpaired) electrons. The summed E-state index contributed by atoms with van der Waals surface area (Å²) in [6, 6.07) is 0. The average molecular weight is 307 g/mol. The van der Waals surface area contributed by atoms with Crippen LogP contribution in [0.25, 0.3) is 0 Å². The maximum atomic E-state index is 7.44. The minimum atomic E-state index is -1.07. The molecule has 0 aliphatic carbocycles. The smallest absolute Gasteiger partial charge is 0.289 e. The predicted molar refractivity (Wildman–Crippen MR) is 87.1 cm³/mol. The lowest BCUT2D eigenvalue weighted by Gasteiger charge is -2.25. The molecule has 1 aromatic rings. The molecule has 1 aliphatic heterocycles. The molecule has 21 heavy (non-hydrogen) atoms. The first kappa shape index (κ1) is 15.6. The zero-order valence-corrected chi connectivity index (χ0v) is 12.9. The molecular formula is C13H21N7S. The SMILES string of the molecule is CCCCCCNC1(NC(=N)N)N=CC(c2cscn2)=N1. The van der Waals surface area contributed by atoms with Crippen molar-refractivity contribution in [1.82, 2.24) is 15.6 Å². The number of aromatic nitrogens is 1. The van der Waals surface area contributed by atoms with Gasteiger partial charge in [-0.05, 0) is 6.42 Å². The molecule has 0 spiro atoms. The van der Waals surface area contributed by atoms with Gasteiger partial charge in [0.05, 0.1) is 11.7 Å². The van der Waals surface area contributed by atoms with Crippen LogP contribution in [0.3, 0.4) is 0 Å². The lowest BCUT2D eigenvalue weighted by atomic mass is 10.2. The molecule has 0 saturated heterocycles. The second kappa shape index (κ2) is 7.28. The first-order valence-electron chi connectivity index (χ1n) is 7.06. The monoisotopic (exact) mass is 307 g/mol. The molecule has 1 atom stereocenters. The van der Waals surface area contributed by atoms with Gasteiger partial charge in [0.2, 0.25) is 0 Å². The quantitative estimate of drug-likeness (QED) is 0.251. The van der Waals surface area contributed by atoms with Gasteiger partial charge < -0.3 is 11.1 Å². The summed E-state index contributed by atoms with van der Waals surface area (Å²) in [5, 5.41) is 15.4. The van der Waals surface area contributed by atoms with E-state index in [2.05, 4.69) is 32.5 Å². The van der Waals surface area contributed by atoms with Crippen LogP contribution < -0.4 is 16.4 Å². The van der Waals surface area contributed by atoms with Crippen LogP contribution in [0, 0.1) is 5.41 Å². The predicted octanol–water partition coefficient (Wildman–Crippen LogP) is 1.28. The molecule has 8 heteroatoms. The fraction of sp³-hybridized carbons (Fsp3) is 0.538. The fourth-order valence-corrected chi connectivity index (χ4v) is 2.59. The maximum Gasteiger partial charge on any atom is 0.289 e. The molecule has 7 nitrogen and oxygen atoms in total. The van der Waals surface area contributed by atoms with Crippen LogP contribution in [0.15, 0.2) is 20.9 Å². The lowest BCUT2D eigenvalue weighted by Crippen LogP contribution is -2.57. The molecular weight excluding hydrogens is 286 g/mol. The van der Waals surface area contributed by atoms with E-state index in [1.54, 1.807) is 11.7 Å². The highest BCUT2D eigenvalue weighted by Crippen LogP contribution is 2.15. The first-order chi connectivity index (χ1) is 10.2. The Kier molecular flexibility index (Phi) is 5.40. The fourth-order valence-electron chi connectivity index (χ4n) is 2.04. The van der Waals surface area contributed by atoms with Gasteiger partial charge in [-0.3, -0.25) is 10.7 Å². The highest BCUT2D eigenvalue weighted by Gasteiger charge is 2.32. The Hall–Kier alpha value is -1.80. The van der Waals surface area contributed by atoms with Crippen molar-refractivity contribution >= 4 is 29.2 Å². The van der Waals surface area contributed by atoms with Gasteiger partial charge in [0.25, 0.3) is 5.91 Å². The van der Waals surface area contributed by atoms with Gasteiger partial charge in [0.15, 0.2) is 5.96 Å². The number of nitrogens with two attached hydrogens (primary N) is 1. The van der Waals surface area contributed by atoms with E-state index in [-0.39, 0.29) is 5.96 Å². The van der Waals surface area contributed by atoms with Gasteiger partial charge in [-0.1, -0.05) is 26.2 Å². The van der Waals surface area contributed by atoms with Gasteiger partial charge in [-0.2, -0.15) is 0 Å². The number of guanidine groups is 1. The number of hydrogen-bond donors (Lipinski definition) is 4. The van der Waals surface area contributed by atoms with E-state index in [0.29, 0.717) is 5.71 Å². The Bertz CT molecular complexity index is 523. The van der Waals surface area contributed by atoms with E-state index in [1.165, 1.54) is 24.2 Å². The summed E-state index contributed by atoms with van der Waals surface area (Å²) in [7, 11) is 0. The molecule has 114 valence electrons. The maximum absolute atomic E-state index is 7.44. The second-order valence-corrected chi connectivity index (χ2v) is 5.55. The number of unbranched alkanes of at least 4 members (excludes halogenated alkanes) is 3. The van der Waals surface area contributed by atoms with Gasteiger partial charge in [-0.25, -0.2) is 15.0 Å². The highest BCUT2D eigenvalue weighted by atomic mass is 32.1. The van der Waals surface area contributed by atoms with Crippen molar-refractivity contribution in [2.75, 3.05) is 6.54 Å². The highest BCUT2D eigenvalue weighted by molar-refractivity contribution is 7.07. The number of nitrogens with one attached hydrogen (secondary N) is 3. The Morgan fingerprint density at radius 3 is 2.95 bits per heavy atom. The van der Waals surface area contributed by atoms with Crippen molar-refractivity contribution in [3.63, 3.8) is 0 Å². The number of hydrogen-bond acceptors (Lipinski definition) is 6. The van der Waals surface area contributed by atoms with E-state index in [1.807, 2.05) is 5.38 Å². The minimum Gasteiger partial charge on any atom is -0.370 e. The van der Waals surface area contributed by atoms with Crippen molar-refractivity contribution in [3.8, 4) is 0 Å². The van der Waals surface area contributed by atoms with E-state index >= 15 is 0 Å². The third-order valence-electron chi connectivity index (χ3n) is 3.06. The van der Waals surface area contributed by atoms with E-state index < -0.39 is 5.91 Å². The summed E-state index contributed by atoms with van der Waals surface area (Å²) >= 11 is 1.51. The molecule has 0 fully saturated rings. The third kappa shape index (κ3) is 4.33. The van der Waals surface area contributed by atoms with Crippen molar-refractivity contribution in [1.29, 1.82) is 5.41 Å². The summed E-state index contributed by atoms with van der Waals surface area (Å²) in [6.45, 7) is 2.93. The number of nitrogens with zero attached hydrogens (tertiary/aromatic N) is 3. The molecule has 0 saturated carbocycles. The Morgan fingerprint density at radius 2 is 2.29 bits per heavy atom. The van der Waals surface area contributed by atoms with Gasteiger partial charge in [0, 0.05) is 11.9 Å². The summed E-state index contributed by atoms with van der Waals surface area (Å²) in [6.07, 6.45) is 6.26. The van der Waals surface area contributed by atoms with Crippen LogP contribution >= 0.6 is 11.3 Å². The van der Waals surface area contributed by atoms with Crippen LogP contribution in [-0.4, -0.2) is 35.3 Å². The molecule has 0 aromatic carbocycles. The van der Waals surface area contributed by atoms with E-state index in [9.17, 15) is 0 Å². The van der Waals surface area contributed by atoms with Crippen molar-refractivity contribution in [3.05, 3.63) is 16.6 Å². The molecule has 1 unspecified atom stereocenters. The molecule has 2 heterocycles. The molecule has 2 rings (SSSR count). The lowest BCUT2D eigenvalue weighted by molar-refractivity contribution is 0.328. The molecule has 0 bridgehead atoms. The zero-order valence-electron chi connectivity index (χ0n) is 12.1. The Morgan fingerprint density at radius 1 is 1.43 bits per heavy atom. The van der Waals surface area contributed by atoms with Crippen LogP contribution in [0.4, 0.5) is 0 Å².